The zero-order valence-corrected chi connectivity index (χ0v) is 18.0. The minimum atomic E-state index is -0.220. The predicted octanol–water partition coefficient (Wildman–Crippen LogP) is 5.04. The van der Waals surface area contributed by atoms with E-state index in [9.17, 15) is 4.79 Å². The molecule has 2 aromatic heterocycles. The van der Waals surface area contributed by atoms with Gasteiger partial charge in [0.15, 0.2) is 5.78 Å². The first-order valence-corrected chi connectivity index (χ1v) is 11.3. The molecule has 2 N–H and O–H groups in total. The van der Waals surface area contributed by atoms with Crippen molar-refractivity contribution in [2.75, 3.05) is 5.75 Å². The molecule has 0 aliphatic carbocycles. The Bertz CT molecular complexity index is 1210. The van der Waals surface area contributed by atoms with Gasteiger partial charge in [0.1, 0.15) is 12.4 Å². The van der Waals surface area contributed by atoms with Crippen molar-refractivity contribution in [3.63, 3.8) is 0 Å². The molecule has 1 aliphatic rings. The molecule has 5 rings (SSSR count). The molecule has 5 nitrogen and oxygen atoms in total. The Kier molecular flexibility index (Phi) is 5.49. The molecule has 0 spiro atoms. The summed E-state index contributed by atoms with van der Waals surface area (Å²) >= 11 is 1.75. The molecule has 0 unspecified atom stereocenters. The number of aromatic nitrogens is 2. The number of fused-ring (bicyclic) bond motifs is 1. The monoisotopic (exact) mass is 429 g/mol. The average molecular weight is 430 g/mol. The number of aromatic amines is 1. The van der Waals surface area contributed by atoms with Gasteiger partial charge in [-0.05, 0) is 36.2 Å². The fraction of sp³-hybridized carbons (Fsp3) is 0.200. The van der Waals surface area contributed by atoms with Crippen LogP contribution in [0.5, 0.6) is 5.75 Å². The number of ether oxygens (including phenoxy) is 1. The van der Waals surface area contributed by atoms with Crippen LogP contribution in [0.2, 0.25) is 0 Å². The number of pyridine rings is 1. The highest BCUT2D eigenvalue weighted by molar-refractivity contribution is 7.99. The zero-order valence-electron chi connectivity index (χ0n) is 17.2. The van der Waals surface area contributed by atoms with Crippen molar-refractivity contribution in [2.24, 2.45) is 0 Å². The van der Waals surface area contributed by atoms with Gasteiger partial charge in [-0.1, -0.05) is 36.4 Å². The summed E-state index contributed by atoms with van der Waals surface area (Å²) in [7, 11) is 0. The van der Waals surface area contributed by atoms with E-state index in [0.29, 0.717) is 6.61 Å². The molecule has 31 heavy (non-hydrogen) atoms. The number of hydrogen-bond acceptors (Lipinski definition) is 5. The topological polar surface area (TPSA) is 67.0 Å². The number of carbonyl (C=O) groups is 1. The number of Topliss-reactive ketones (excluding diaryl/α,β-unsaturated/α-hetero) is 1. The minimum absolute atomic E-state index is 0.0890. The predicted molar refractivity (Wildman–Crippen MR) is 124 cm³/mol. The van der Waals surface area contributed by atoms with Crippen LogP contribution < -0.4 is 10.1 Å². The largest absolute Gasteiger partial charge is 0.489 e. The first kappa shape index (κ1) is 19.8. The van der Waals surface area contributed by atoms with Crippen molar-refractivity contribution < 1.29 is 9.53 Å². The molecule has 0 saturated carbocycles. The Morgan fingerprint density at radius 2 is 2.03 bits per heavy atom. The molecular weight excluding hydrogens is 406 g/mol. The van der Waals surface area contributed by atoms with Crippen LogP contribution in [0, 0.1) is 6.92 Å². The zero-order chi connectivity index (χ0) is 21.2. The maximum Gasteiger partial charge on any atom is 0.183 e. The molecule has 1 saturated heterocycles. The Morgan fingerprint density at radius 1 is 1.16 bits per heavy atom. The summed E-state index contributed by atoms with van der Waals surface area (Å²) in [6.07, 6.45) is 3.62. The van der Waals surface area contributed by atoms with Gasteiger partial charge in [-0.25, -0.2) is 0 Å². The van der Waals surface area contributed by atoms with E-state index in [1.54, 1.807) is 18.0 Å². The SMILES string of the molecule is Cc1[nH]c2cc(OCc3ccccc3)ccc2c1C(=O)[C@@H]1CS[C@@H](c2cccnc2)N1. The summed E-state index contributed by atoms with van der Waals surface area (Å²) in [5.41, 5.74) is 4.78. The fourth-order valence-electron chi connectivity index (χ4n) is 3.98. The minimum Gasteiger partial charge on any atom is -0.489 e. The number of nitrogens with one attached hydrogen (secondary N) is 2. The second-order valence-electron chi connectivity index (χ2n) is 7.69. The average Bonchev–Trinajstić information content (AvgIpc) is 3.42. The van der Waals surface area contributed by atoms with Crippen molar-refractivity contribution in [1.82, 2.24) is 15.3 Å². The molecular formula is C25H23N3O2S. The normalized spacial score (nSPS) is 18.4. The van der Waals surface area contributed by atoms with Crippen LogP contribution in [0.3, 0.4) is 0 Å². The van der Waals surface area contributed by atoms with Crippen LogP contribution in [0.25, 0.3) is 10.9 Å². The molecule has 1 aliphatic heterocycles. The number of H-pyrrole nitrogens is 1. The first-order chi connectivity index (χ1) is 15.2. The Labute approximate surface area is 185 Å². The molecule has 0 amide bonds. The number of aryl methyl sites for hydroxylation is 1. The van der Waals surface area contributed by atoms with Crippen molar-refractivity contribution in [1.29, 1.82) is 0 Å². The quantitative estimate of drug-likeness (QED) is 0.421. The van der Waals surface area contributed by atoms with Crippen LogP contribution in [0.1, 0.15) is 32.6 Å². The first-order valence-electron chi connectivity index (χ1n) is 10.3. The van der Waals surface area contributed by atoms with Crippen molar-refractivity contribution in [3.05, 3.63) is 95.4 Å². The number of benzene rings is 2. The molecule has 0 radical (unpaired) electrons. The lowest BCUT2D eigenvalue weighted by molar-refractivity contribution is 0.0956. The van der Waals surface area contributed by atoms with Crippen LogP contribution in [-0.4, -0.2) is 27.5 Å². The third-order valence-electron chi connectivity index (χ3n) is 5.54. The lowest BCUT2D eigenvalue weighted by Gasteiger charge is -2.13. The molecule has 0 bridgehead atoms. The summed E-state index contributed by atoms with van der Waals surface area (Å²) in [6, 6.07) is 19.7. The Morgan fingerprint density at radius 3 is 2.84 bits per heavy atom. The Hall–Kier alpha value is -3.09. The van der Waals surface area contributed by atoms with Gasteiger partial charge in [-0.2, -0.15) is 0 Å². The van der Waals surface area contributed by atoms with Crippen molar-refractivity contribution >= 4 is 28.4 Å². The van der Waals surface area contributed by atoms with Crippen LogP contribution in [-0.2, 0) is 6.61 Å². The smallest absolute Gasteiger partial charge is 0.183 e. The lowest BCUT2D eigenvalue weighted by atomic mass is 10.0. The summed E-state index contributed by atoms with van der Waals surface area (Å²) in [4.78, 5) is 20.9. The third-order valence-corrected chi connectivity index (χ3v) is 6.81. The highest BCUT2D eigenvalue weighted by Gasteiger charge is 2.33. The highest BCUT2D eigenvalue weighted by Crippen LogP contribution is 2.35. The maximum absolute atomic E-state index is 13.4. The van der Waals surface area contributed by atoms with Gasteiger partial charge in [0.2, 0.25) is 0 Å². The molecule has 2 atom stereocenters. The number of thioether (sulfide) groups is 1. The van der Waals surface area contributed by atoms with Crippen LogP contribution in [0.4, 0.5) is 0 Å². The van der Waals surface area contributed by atoms with Gasteiger partial charge >= 0.3 is 0 Å². The van der Waals surface area contributed by atoms with Crippen molar-refractivity contribution in [3.8, 4) is 5.75 Å². The highest BCUT2D eigenvalue weighted by atomic mass is 32.2. The second kappa shape index (κ2) is 8.57. The molecule has 6 heteroatoms. The molecule has 1 fully saturated rings. The molecule has 4 aromatic rings. The number of ketones is 1. The van der Waals surface area contributed by atoms with E-state index in [4.69, 9.17) is 4.74 Å². The van der Waals surface area contributed by atoms with Gasteiger partial charge in [0.25, 0.3) is 0 Å². The number of rotatable bonds is 6. The summed E-state index contributed by atoms with van der Waals surface area (Å²) in [6.45, 7) is 2.47. The standard InChI is InChI=1S/C25H23N3O2S/c1-16-23(24(29)22-15-31-25(28-22)18-8-5-11-26-13-18)20-10-9-19(12-21(20)27-16)30-14-17-6-3-2-4-7-17/h2-13,22,25,27-28H,14-15H2,1H3/t22-,25-/m0/s1. The van der Waals surface area contributed by atoms with Crippen LogP contribution in [0.15, 0.2) is 73.1 Å². The van der Waals surface area contributed by atoms with Gasteiger partial charge in [0, 0.05) is 40.9 Å². The van der Waals surface area contributed by atoms with E-state index < -0.39 is 0 Å². The van der Waals surface area contributed by atoms with Gasteiger partial charge in [-0.3, -0.25) is 15.1 Å². The van der Waals surface area contributed by atoms with Gasteiger partial charge in [-0.15, -0.1) is 11.8 Å². The van der Waals surface area contributed by atoms with E-state index in [-0.39, 0.29) is 17.2 Å². The van der Waals surface area contributed by atoms with E-state index in [1.165, 1.54) is 0 Å². The summed E-state index contributed by atoms with van der Waals surface area (Å²) in [5, 5.41) is 4.50. The summed E-state index contributed by atoms with van der Waals surface area (Å²) < 4.78 is 5.95. The van der Waals surface area contributed by atoms with E-state index in [1.807, 2.05) is 73.8 Å². The van der Waals surface area contributed by atoms with Gasteiger partial charge < -0.3 is 9.72 Å². The van der Waals surface area contributed by atoms with Crippen molar-refractivity contribution in [2.45, 2.75) is 24.9 Å². The third kappa shape index (κ3) is 4.09. The second-order valence-corrected chi connectivity index (χ2v) is 8.83. The van der Waals surface area contributed by atoms with E-state index in [2.05, 4.69) is 15.3 Å². The van der Waals surface area contributed by atoms with Gasteiger partial charge in [0.05, 0.1) is 16.9 Å². The lowest BCUT2D eigenvalue weighted by Crippen LogP contribution is -2.34. The Balaban J connectivity index is 1.34. The van der Waals surface area contributed by atoms with E-state index in [0.717, 1.165) is 44.8 Å². The van der Waals surface area contributed by atoms with E-state index >= 15 is 0 Å². The number of nitrogens with zero attached hydrogens (tertiary/aromatic N) is 1. The maximum atomic E-state index is 13.4. The molecule has 156 valence electrons. The molecule has 3 heterocycles. The van der Waals surface area contributed by atoms with Crippen LogP contribution >= 0.6 is 11.8 Å². The number of hydrogen-bond donors (Lipinski definition) is 2. The fourth-order valence-corrected chi connectivity index (χ4v) is 5.20. The molecule has 2 aromatic carbocycles. The number of carbonyl (C=O) groups excluding carboxylic acids is 1. The summed E-state index contributed by atoms with van der Waals surface area (Å²) in [5.74, 6) is 1.64.